The lowest BCUT2D eigenvalue weighted by Crippen LogP contribution is -2.51. The molecule has 0 saturated carbocycles. The van der Waals surface area contributed by atoms with Crippen LogP contribution in [-0.4, -0.2) is 57.9 Å². The van der Waals surface area contributed by atoms with Gasteiger partial charge in [-0.25, -0.2) is 0 Å². The van der Waals surface area contributed by atoms with Crippen LogP contribution in [0.3, 0.4) is 0 Å². The Balaban J connectivity index is 0.00000264. The SMILES string of the molecule is CN=C(NCC1(C)COC1)N(C)CCOc1cccc(Cl)c1.I. The molecule has 5 nitrogen and oxygen atoms in total. The molecule has 130 valence electrons. The number of aliphatic imine (C=N–C) groups is 1. The third-order valence-electron chi connectivity index (χ3n) is 3.64. The zero-order valence-electron chi connectivity index (χ0n) is 13.8. The van der Waals surface area contributed by atoms with Gasteiger partial charge in [-0.3, -0.25) is 4.99 Å². The number of ether oxygens (including phenoxy) is 2. The molecule has 7 heteroatoms. The molecule has 0 aromatic heterocycles. The second kappa shape index (κ2) is 9.54. The van der Waals surface area contributed by atoms with Crippen molar-refractivity contribution >= 4 is 41.5 Å². The largest absolute Gasteiger partial charge is 0.492 e. The summed E-state index contributed by atoms with van der Waals surface area (Å²) in [5.41, 5.74) is 0.216. The highest BCUT2D eigenvalue weighted by molar-refractivity contribution is 14.0. The van der Waals surface area contributed by atoms with Gasteiger partial charge in [-0.1, -0.05) is 24.6 Å². The van der Waals surface area contributed by atoms with Crippen LogP contribution in [0.2, 0.25) is 5.02 Å². The van der Waals surface area contributed by atoms with Crippen LogP contribution in [0.5, 0.6) is 5.75 Å². The van der Waals surface area contributed by atoms with Gasteiger partial charge in [0.1, 0.15) is 12.4 Å². The Kier molecular flexibility index (Phi) is 8.42. The van der Waals surface area contributed by atoms with Gasteiger partial charge < -0.3 is 19.7 Å². The van der Waals surface area contributed by atoms with Crippen LogP contribution in [0.15, 0.2) is 29.3 Å². The maximum atomic E-state index is 5.93. The molecular weight excluding hydrogens is 429 g/mol. The zero-order chi connectivity index (χ0) is 16.0. The number of halogens is 2. The van der Waals surface area contributed by atoms with E-state index in [-0.39, 0.29) is 29.4 Å². The summed E-state index contributed by atoms with van der Waals surface area (Å²) in [5.74, 6) is 1.64. The van der Waals surface area contributed by atoms with E-state index in [1.54, 1.807) is 7.05 Å². The molecule has 2 rings (SSSR count). The number of nitrogens with one attached hydrogen (secondary N) is 1. The average Bonchev–Trinajstić information content (AvgIpc) is 2.46. The van der Waals surface area contributed by atoms with Crippen LogP contribution in [0.1, 0.15) is 6.92 Å². The maximum Gasteiger partial charge on any atom is 0.193 e. The van der Waals surface area contributed by atoms with Gasteiger partial charge >= 0.3 is 0 Å². The first kappa shape index (κ1) is 20.3. The van der Waals surface area contributed by atoms with E-state index in [0.29, 0.717) is 11.6 Å². The molecule has 0 atom stereocenters. The second-order valence-corrected chi connectivity index (χ2v) is 6.37. The summed E-state index contributed by atoms with van der Waals surface area (Å²) in [6, 6.07) is 7.42. The third kappa shape index (κ3) is 6.35. The van der Waals surface area contributed by atoms with Crippen molar-refractivity contribution in [1.82, 2.24) is 10.2 Å². The molecule has 1 aromatic rings. The molecule has 0 radical (unpaired) electrons. The van der Waals surface area contributed by atoms with Crippen LogP contribution in [0.25, 0.3) is 0 Å². The Hall–Kier alpha value is -0.730. The predicted octanol–water partition coefficient (Wildman–Crippen LogP) is 2.88. The van der Waals surface area contributed by atoms with Crippen molar-refractivity contribution in [2.45, 2.75) is 6.92 Å². The van der Waals surface area contributed by atoms with Crippen LogP contribution in [0, 0.1) is 5.41 Å². The monoisotopic (exact) mass is 453 g/mol. The maximum absolute atomic E-state index is 5.93. The first-order valence-electron chi connectivity index (χ1n) is 7.40. The lowest BCUT2D eigenvalue weighted by Gasteiger charge is -2.39. The molecule has 0 aliphatic carbocycles. The number of guanidine groups is 1. The summed E-state index contributed by atoms with van der Waals surface area (Å²) in [7, 11) is 3.78. The minimum atomic E-state index is 0. The highest BCUT2D eigenvalue weighted by Crippen LogP contribution is 2.25. The molecule has 1 aromatic carbocycles. The number of rotatable bonds is 6. The van der Waals surface area contributed by atoms with Crippen molar-refractivity contribution in [2.75, 3.05) is 47.0 Å². The average molecular weight is 454 g/mol. The van der Waals surface area contributed by atoms with Gasteiger partial charge in [-0.2, -0.15) is 0 Å². The summed E-state index contributed by atoms with van der Waals surface area (Å²) in [5, 5.41) is 4.07. The molecule has 1 N–H and O–H groups in total. The van der Waals surface area contributed by atoms with Crippen molar-refractivity contribution in [3.05, 3.63) is 29.3 Å². The van der Waals surface area contributed by atoms with Crippen molar-refractivity contribution in [3.63, 3.8) is 0 Å². The van der Waals surface area contributed by atoms with Crippen LogP contribution in [0.4, 0.5) is 0 Å². The second-order valence-electron chi connectivity index (χ2n) is 5.93. The van der Waals surface area contributed by atoms with E-state index in [4.69, 9.17) is 21.1 Å². The van der Waals surface area contributed by atoms with E-state index in [2.05, 4.69) is 17.2 Å². The normalized spacial score (nSPS) is 16.1. The molecule has 1 aliphatic heterocycles. The van der Waals surface area contributed by atoms with E-state index < -0.39 is 0 Å². The van der Waals surface area contributed by atoms with Gasteiger partial charge in [0.25, 0.3) is 0 Å². The third-order valence-corrected chi connectivity index (χ3v) is 3.87. The minimum Gasteiger partial charge on any atom is -0.492 e. The lowest BCUT2D eigenvalue weighted by molar-refractivity contribution is -0.0972. The number of benzene rings is 1. The molecule has 1 aliphatic rings. The number of nitrogens with zero attached hydrogens (tertiary/aromatic N) is 2. The highest BCUT2D eigenvalue weighted by Gasteiger charge is 2.33. The summed E-state index contributed by atoms with van der Waals surface area (Å²) < 4.78 is 11.0. The zero-order valence-corrected chi connectivity index (χ0v) is 16.9. The molecule has 1 saturated heterocycles. The van der Waals surface area contributed by atoms with Crippen LogP contribution < -0.4 is 10.1 Å². The van der Waals surface area contributed by atoms with E-state index in [0.717, 1.165) is 38.0 Å². The molecule has 23 heavy (non-hydrogen) atoms. The van der Waals surface area contributed by atoms with Crippen LogP contribution in [-0.2, 0) is 4.74 Å². The van der Waals surface area contributed by atoms with E-state index in [1.807, 2.05) is 36.2 Å². The molecule has 1 fully saturated rings. The fourth-order valence-electron chi connectivity index (χ4n) is 2.19. The Morgan fingerprint density at radius 1 is 1.48 bits per heavy atom. The minimum absolute atomic E-state index is 0. The van der Waals surface area contributed by atoms with Crippen molar-refractivity contribution in [3.8, 4) is 5.75 Å². The molecular formula is C16H25ClIN3O2. The van der Waals surface area contributed by atoms with E-state index >= 15 is 0 Å². The summed E-state index contributed by atoms with van der Waals surface area (Å²) >= 11 is 5.93. The first-order chi connectivity index (χ1) is 10.5. The Morgan fingerprint density at radius 2 is 2.22 bits per heavy atom. The quantitative estimate of drug-likeness (QED) is 0.409. The van der Waals surface area contributed by atoms with E-state index in [9.17, 15) is 0 Å². The standard InChI is InChI=1S/C16H24ClN3O2.HI/c1-16(11-21-12-16)10-19-15(18-2)20(3)7-8-22-14-6-4-5-13(17)9-14;/h4-6,9H,7-8,10-12H2,1-3H3,(H,18,19);1H. The van der Waals surface area contributed by atoms with E-state index in [1.165, 1.54) is 0 Å². The topological polar surface area (TPSA) is 46.1 Å². The smallest absolute Gasteiger partial charge is 0.193 e. The Morgan fingerprint density at radius 3 is 2.78 bits per heavy atom. The Labute approximate surface area is 160 Å². The first-order valence-corrected chi connectivity index (χ1v) is 7.78. The summed E-state index contributed by atoms with van der Waals surface area (Å²) in [6.07, 6.45) is 0. The summed E-state index contributed by atoms with van der Waals surface area (Å²) in [6.45, 7) is 5.98. The summed E-state index contributed by atoms with van der Waals surface area (Å²) in [4.78, 5) is 6.35. The fourth-order valence-corrected chi connectivity index (χ4v) is 2.37. The highest BCUT2D eigenvalue weighted by atomic mass is 127. The van der Waals surface area contributed by atoms with Gasteiger partial charge in [0, 0.05) is 31.1 Å². The van der Waals surface area contributed by atoms with Crippen LogP contribution >= 0.6 is 35.6 Å². The molecule has 0 bridgehead atoms. The van der Waals surface area contributed by atoms with Crippen molar-refractivity contribution in [1.29, 1.82) is 0 Å². The molecule has 0 spiro atoms. The predicted molar refractivity (Wildman–Crippen MR) is 105 cm³/mol. The van der Waals surface area contributed by atoms with Crippen molar-refractivity contribution < 1.29 is 9.47 Å². The number of hydrogen-bond acceptors (Lipinski definition) is 3. The van der Waals surface area contributed by atoms with Gasteiger partial charge in [-0.15, -0.1) is 24.0 Å². The number of likely N-dealkylation sites (N-methyl/N-ethyl adjacent to an activating group) is 1. The fraction of sp³-hybridized carbons (Fsp3) is 0.562. The van der Waals surface area contributed by atoms with Gasteiger partial charge in [-0.05, 0) is 18.2 Å². The Bertz CT molecular complexity index is 524. The van der Waals surface area contributed by atoms with Gasteiger partial charge in [0.15, 0.2) is 5.96 Å². The molecule has 0 unspecified atom stereocenters. The van der Waals surface area contributed by atoms with Gasteiger partial charge in [0.2, 0.25) is 0 Å². The van der Waals surface area contributed by atoms with Crippen molar-refractivity contribution in [2.24, 2.45) is 10.4 Å². The number of hydrogen-bond donors (Lipinski definition) is 1. The lowest BCUT2D eigenvalue weighted by atomic mass is 9.89. The molecule has 0 amide bonds. The molecule has 1 heterocycles. The van der Waals surface area contributed by atoms with Gasteiger partial charge in [0.05, 0.1) is 19.8 Å².